The minimum Gasteiger partial charge on any atom is -0.508 e. The van der Waals surface area contributed by atoms with Gasteiger partial charge in [-0.1, -0.05) is 30.3 Å². The Morgan fingerprint density at radius 1 is 0.938 bits per heavy atom. The number of carbonyl (C=O) groups is 1. The Morgan fingerprint density at radius 3 is 2.44 bits per heavy atom. The van der Waals surface area contributed by atoms with Crippen molar-refractivity contribution in [3.05, 3.63) is 99.1 Å². The maximum atomic E-state index is 12.1. The second kappa shape index (κ2) is 13.8. The monoisotopic (exact) mass is 655 g/mol. The molecule has 252 valence electrons. The van der Waals surface area contributed by atoms with E-state index in [0.717, 1.165) is 61.4 Å². The fraction of sp³-hybridized carbons (Fsp3) is 0.342. The molecule has 48 heavy (non-hydrogen) atoms. The Kier molecular flexibility index (Phi) is 9.50. The fourth-order valence-corrected chi connectivity index (χ4v) is 7.05. The van der Waals surface area contributed by atoms with E-state index in [1.165, 1.54) is 14.0 Å². The number of carbonyl (C=O) groups excluding carboxylic acids is 1. The van der Waals surface area contributed by atoms with Crippen LogP contribution >= 0.6 is 0 Å². The highest BCUT2D eigenvalue weighted by Gasteiger charge is 2.41. The molecule has 4 aromatic carbocycles. The smallest absolute Gasteiger partial charge is 0.302 e. The van der Waals surface area contributed by atoms with E-state index in [1.807, 2.05) is 31.2 Å². The molecule has 0 saturated heterocycles. The summed E-state index contributed by atoms with van der Waals surface area (Å²) in [6, 6.07) is 16.1. The van der Waals surface area contributed by atoms with Crippen molar-refractivity contribution in [2.24, 2.45) is 0 Å². The second-order valence-corrected chi connectivity index (χ2v) is 12.3. The Labute approximate surface area is 279 Å². The van der Waals surface area contributed by atoms with Gasteiger partial charge in [0, 0.05) is 47.8 Å². The number of phenols is 2. The van der Waals surface area contributed by atoms with Gasteiger partial charge in [-0.15, -0.1) is 0 Å². The largest absolute Gasteiger partial charge is 0.508 e. The van der Waals surface area contributed by atoms with Gasteiger partial charge in [0.25, 0.3) is 0 Å². The molecule has 10 nitrogen and oxygen atoms in total. The first-order chi connectivity index (χ1) is 23.2. The number of rotatable bonds is 11. The Bertz CT molecular complexity index is 1840. The third-order valence-corrected chi connectivity index (χ3v) is 9.44. The summed E-state index contributed by atoms with van der Waals surface area (Å²) in [5, 5.41) is 44.4. The summed E-state index contributed by atoms with van der Waals surface area (Å²) >= 11 is 0. The standard InChI is InChI=1S/C38H41NO9/c1-20(30-11-22(17-40)5-6-24(30)18-41)39-16-25-13-33(44)34(45-3)15-31(25)38-32(19-47-21(2)42)29-10-9-27-28(37(29)48-38)8-7-23-12-26(43)14-35(46-4)36(23)27/h5-6,9-15,20,32,38-41,43-44H,7-8,16-19H2,1-4H3/t20-,32+,38-/m1/s1. The van der Waals surface area contributed by atoms with Crippen LogP contribution < -0.4 is 19.5 Å². The van der Waals surface area contributed by atoms with Crippen LogP contribution in [0.15, 0.2) is 54.6 Å². The number of aromatic hydroxyl groups is 2. The molecule has 0 amide bonds. The summed E-state index contributed by atoms with van der Waals surface area (Å²) in [6.07, 6.45) is 0.775. The number of nitrogens with one attached hydrogen (secondary N) is 1. The molecule has 10 heteroatoms. The van der Waals surface area contributed by atoms with E-state index in [-0.39, 0.29) is 49.0 Å². The van der Waals surface area contributed by atoms with Crippen LogP contribution in [-0.4, -0.2) is 47.2 Å². The van der Waals surface area contributed by atoms with Gasteiger partial charge in [-0.05, 0) is 71.3 Å². The molecule has 6 rings (SSSR count). The molecule has 1 aliphatic heterocycles. The summed E-state index contributed by atoms with van der Waals surface area (Å²) in [4.78, 5) is 12.1. The van der Waals surface area contributed by atoms with Crippen molar-refractivity contribution in [1.29, 1.82) is 0 Å². The van der Waals surface area contributed by atoms with Gasteiger partial charge in [0.05, 0.1) is 33.4 Å². The van der Waals surface area contributed by atoms with Crippen molar-refractivity contribution < 1.29 is 44.2 Å². The quantitative estimate of drug-likeness (QED) is 0.131. The number of hydrogen-bond donors (Lipinski definition) is 5. The van der Waals surface area contributed by atoms with Gasteiger partial charge >= 0.3 is 5.97 Å². The lowest BCUT2D eigenvalue weighted by molar-refractivity contribution is -0.141. The maximum absolute atomic E-state index is 12.1. The van der Waals surface area contributed by atoms with E-state index in [2.05, 4.69) is 5.32 Å². The number of aliphatic hydroxyl groups excluding tert-OH is 2. The zero-order valence-corrected chi connectivity index (χ0v) is 27.5. The van der Waals surface area contributed by atoms with Gasteiger partial charge < -0.3 is 44.7 Å². The topological polar surface area (TPSA) is 147 Å². The number of benzene rings is 4. The number of hydrogen-bond acceptors (Lipinski definition) is 10. The van der Waals surface area contributed by atoms with E-state index in [0.29, 0.717) is 25.1 Å². The highest BCUT2D eigenvalue weighted by Crippen LogP contribution is 2.54. The zero-order valence-electron chi connectivity index (χ0n) is 27.5. The SMILES string of the molecule is COc1cc([C@H]2Oc3c(ccc4c3CCc3cc(O)cc(OC)c3-4)[C@@H]2COC(C)=O)c(CN[C@H](C)c2cc(CO)ccc2CO)cc1O. The van der Waals surface area contributed by atoms with E-state index in [9.17, 15) is 25.2 Å². The molecular weight excluding hydrogens is 614 g/mol. The number of fused-ring (bicyclic) bond motifs is 5. The minimum absolute atomic E-state index is 0.0274. The first-order valence-electron chi connectivity index (χ1n) is 16.0. The molecule has 3 atom stereocenters. The molecule has 1 heterocycles. The van der Waals surface area contributed by atoms with Crippen LogP contribution in [0.2, 0.25) is 0 Å². The summed E-state index contributed by atoms with van der Waals surface area (Å²) < 4.78 is 23.7. The summed E-state index contributed by atoms with van der Waals surface area (Å²) in [5.41, 5.74) is 8.66. The number of aryl methyl sites for hydroxylation is 1. The van der Waals surface area contributed by atoms with Gasteiger partial charge in [-0.3, -0.25) is 4.79 Å². The molecule has 0 unspecified atom stereocenters. The highest BCUT2D eigenvalue weighted by molar-refractivity contribution is 5.82. The van der Waals surface area contributed by atoms with Crippen LogP contribution in [-0.2, 0) is 42.1 Å². The molecular formula is C38H41NO9. The molecule has 5 N–H and O–H groups in total. The number of ether oxygens (including phenoxy) is 4. The Balaban J connectivity index is 1.40. The summed E-state index contributed by atoms with van der Waals surface area (Å²) in [6.45, 7) is 3.50. The van der Waals surface area contributed by atoms with Crippen molar-refractivity contribution >= 4 is 5.97 Å². The zero-order chi connectivity index (χ0) is 34.1. The Morgan fingerprint density at radius 2 is 1.73 bits per heavy atom. The normalized spacial score (nSPS) is 16.7. The molecule has 0 fully saturated rings. The first kappa shape index (κ1) is 33.1. The second-order valence-electron chi connectivity index (χ2n) is 12.3. The van der Waals surface area contributed by atoms with Gasteiger partial charge in [0.1, 0.15) is 30.0 Å². The molecule has 0 aromatic heterocycles. The number of esters is 1. The van der Waals surface area contributed by atoms with Gasteiger partial charge in [-0.2, -0.15) is 0 Å². The predicted molar refractivity (Wildman–Crippen MR) is 178 cm³/mol. The molecule has 0 saturated carbocycles. The van der Waals surface area contributed by atoms with Crippen molar-refractivity contribution in [1.82, 2.24) is 5.32 Å². The molecule has 4 aromatic rings. The van der Waals surface area contributed by atoms with Crippen LogP contribution in [0, 0.1) is 0 Å². The molecule has 0 radical (unpaired) electrons. The van der Waals surface area contributed by atoms with Gasteiger partial charge in [-0.25, -0.2) is 0 Å². The molecule has 2 aliphatic rings. The van der Waals surface area contributed by atoms with Crippen LogP contribution in [0.25, 0.3) is 11.1 Å². The first-order valence-corrected chi connectivity index (χ1v) is 16.0. The summed E-state index contributed by atoms with van der Waals surface area (Å²) in [5.74, 6) is 0.956. The van der Waals surface area contributed by atoms with Gasteiger partial charge in [0.2, 0.25) is 0 Å². The lowest BCUT2D eigenvalue weighted by Crippen LogP contribution is -2.23. The molecule has 1 aliphatic carbocycles. The van der Waals surface area contributed by atoms with Crippen LogP contribution in [0.1, 0.15) is 76.4 Å². The van der Waals surface area contributed by atoms with Crippen LogP contribution in [0.3, 0.4) is 0 Å². The van der Waals surface area contributed by atoms with E-state index < -0.39 is 12.1 Å². The van der Waals surface area contributed by atoms with Gasteiger partial charge in [0.15, 0.2) is 11.5 Å². The predicted octanol–water partition coefficient (Wildman–Crippen LogP) is 5.50. The lowest BCUT2D eigenvalue weighted by atomic mass is 9.81. The number of phenolic OH excluding ortho intramolecular Hbond substituents is 2. The third-order valence-electron chi connectivity index (χ3n) is 9.44. The molecule has 0 spiro atoms. The van der Waals surface area contributed by atoms with Crippen molar-refractivity contribution in [2.75, 3.05) is 20.8 Å². The van der Waals surface area contributed by atoms with Crippen LogP contribution in [0.4, 0.5) is 0 Å². The van der Waals surface area contributed by atoms with Crippen molar-refractivity contribution in [3.8, 4) is 39.9 Å². The van der Waals surface area contributed by atoms with Crippen molar-refractivity contribution in [2.45, 2.75) is 64.5 Å². The third kappa shape index (κ3) is 6.14. The Hall–Kier alpha value is -4.77. The lowest BCUT2D eigenvalue weighted by Gasteiger charge is -2.25. The average Bonchev–Trinajstić information content (AvgIpc) is 3.47. The number of aliphatic hydroxyl groups is 2. The summed E-state index contributed by atoms with van der Waals surface area (Å²) in [7, 11) is 3.07. The maximum Gasteiger partial charge on any atom is 0.302 e. The fourth-order valence-electron chi connectivity index (χ4n) is 7.05. The number of methoxy groups -OCH3 is 2. The average molecular weight is 656 g/mol. The minimum atomic E-state index is -0.582. The molecule has 0 bridgehead atoms. The van der Waals surface area contributed by atoms with E-state index >= 15 is 0 Å². The van der Waals surface area contributed by atoms with E-state index in [1.54, 1.807) is 37.4 Å². The van der Waals surface area contributed by atoms with E-state index in [4.69, 9.17) is 18.9 Å². The van der Waals surface area contributed by atoms with Crippen LogP contribution in [0.5, 0.6) is 28.7 Å². The van der Waals surface area contributed by atoms with Crippen molar-refractivity contribution in [3.63, 3.8) is 0 Å². The highest BCUT2D eigenvalue weighted by atomic mass is 16.5.